The van der Waals surface area contributed by atoms with Gasteiger partial charge < -0.3 is 14.8 Å². The van der Waals surface area contributed by atoms with Gasteiger partial charge in [0.05, 0.1) is 18.8 Å². The van der Waals surface area contributed by atoms with Crippen LogP contribution in [0.1, 0.15) is 36.8 Å². The molecule has 1 fully saturated rings. The van der Waals surface area contributed by atoms with E-state index in [-0.39, 0.29) is 23.8 Å². The van der Waals surface area contributed by atoms with Gasteiger partial charge in [0.25, 0.3) is 0 Å². The maximum atomic E-state index is 13.9. The summed E-state index contributed by atoms with van der Waals surface area (Å²) in [5.41, 5.74) is 3.62. The Kier molecular flexibility index (Phi) is 8.08. The van der Waals surface area contributed by atoms with E-state index in [2.05, 4.69) is 11.4 Å². The van der Waals surface area contributed by atoms with Crippen LogP contribution in [-0.2, 0) is 17.8 Å². The van der Waals surface area contributed by atoms with Gasteiger partial charge in [0.15, 0.2) is 0 Å². The van der Waals surface area contributed by atoms with E-state index >= 15 is 0 Å². The third kappa shape index (κ3) is 6.40. The standard InChI is InChI=1S/C28H31F2NO2/c1-31-16-15-20-9-10-26(18-27(20)21-6-4-7-23(29)17-21)33-25-13-11-24(12-14-25)32-19-22-5-2-3-8-28(22)30/h2-10,17-18,24-25,31H,11-16,19H2,1H3. The highest BCUT2D eigenvalue weighted by Gasteiger charge is 2.23. The van der Waals surface area contributed by atoms with E-state index in [4.69, 9.17) is 9.47 Å². The van der Waals surface area contributed by atoms with Crippen molar-refractivity contribution < 1.29 is 18.3 Å². The molecule has 1 aliphatic carbocycles. The summed E-state index contributed by atoms with van der Waals surface area (Å²) in [6, 6.07) is 19.6. The molecule has 1 N–H and O–H groups in total. The minimum Gasteiger partial charge on any atom is -0.490 e. The van der Waals surface area contributed by atoms with Crippen molar-refractivity contribution in [3.63, 3.8) is 0 Å². The summed E-state index contributed by atoms with van der Waals surface area (Å²) >= 11 is 0. The predicted molar refractivity (Wildman–Crippen MR) is 127 cm³/mol. The highest BCUT2D eigenvalue weighted by Crippen LogP contribution is 2.32. The quantitative estimate of drug-likeness (QED) is 0.414. The number of ether oxygens (including phenoxy) is 2. The minimum atomic E-state index is -0.243. The molecule has 0 radical (unpaired) electrons. The van der Waals surface area contributed by atoms with Crippen molar-refractivity contribution in [1.82, 2.24) is 5.32 Å². The van der Waals surface area contributed by atoms with E-state index in [1.54, 1.807) is 24.3 Å². The Labute approximate surface area is 194 Å². The Morgan fingerprint density at radius 1 is 0.848 bits per heavy atom. The molecule has 3 aromatic rings. The minimum absolute atomic E-state index is 0.113. The highest BCUT2D eigenvalue weighted by molar-refractivity contribution is 5.69. The second-order valence-electron chi connectivity index (χ2n) is 8.60. The molecular formula is C28H31F2NO2. The Bertz CT molecular complexity index is 1050. The van der Waals surface area contributed by atoms with Crippen molar-refractivity contribution in [2.75, 3.05) is 13.6 Å². The number of benzene rings is 3. The molecule has 0 saturated heterocycles. The molecule has 0 aromatic heterocycles. The summed E-state index contributed by atoms with van der Waals surface area (Å²) in [6.45, 7) is 1.15. The molecule has 0 amide bonds. The zero-order chi connectivity index (χ0) is 23.0. The normalized spacial score (nSPS) is 18.3. The van der Waals surface area contributed by atoms with Gasteiger partial charge in [-0.1, -0.05) is 36.4 Å². The lowest BCUT2D eigenvalue weighted by Gasteiger charge is -2.29. The van der Waals surface area contributed by atoms with Gasteiger partial charge in [-0.25, -0.2) is 8.78 Å². The Balaban J connectivity index is 1.37. The number of hydrogen-bond donors (Lipinski definition) is 1. The number of likely N-dealkylation sites (N-methyl/N-ethyl adjacent to an activating group) is 1. The Morgan fingerprint density at radius 2 is 1.64 bits per heavy atom. The molecule has 0 bridgehead atoms. The summed E-state index contributed by atoms with van der Waals surface area (Å²) in [6.07, 6.45) is 4.63. The van der Waals surface area contributed by atoms with Gasteiger partial charge >= 0.3 is 0 Å². The monoisotopic (exact) mass is 451 g/mol. The molecule has 1 aliphatic rings. The molecule has 0 atom stereocenters. The fraction of sp³-hybridized carbons (Fsp3) is 0.357. The largest absolute Gasteiger partial charge is 0.490 e. The molecule has 33 heavy (non-hydrogen) atoms. The molecule has 0 heterocycles. The summed E-state index contributed by atoms with van der Waals surface area (Å²) in [5, 5.41) is 3.18. The van der Waals surface area contributed by atoms with E-state index in [0.29, 0.717) is 12.2 Å². The molecule has 4 rings (SSSR count). The molecule has 5 heteroatoms. The van der Waals surface area contributed by atoms with Crippen LogP contribution in [0.25, 0.3) is 11.1 Å². The van der Waals surface area contributed by atoms with Crippen molar-refractivity contribution in [3.8, 4) is 16.9 Å². The average molecular weight is 452 g/mol. The van der Waals surface area contributed by atoms with Crippen molar-refractivity contribution >= 4 is 0 Å². The van der Waals surface area contributed by atoms with E-state index in [1.807, 2.05) is 31.3 Å². The Hall–Kier alpha value is -2.76. The van der Waals surface area contributed by atoms with Crippen molar-refractivity contribution in [2.45, 2.75) is 50.9 Å². The van der Waals surface area contributed by atoms with Gasteiger partial charge in [-0.05, 0) is 92.7 Å². The van der Waals surface area contributed by atoms with Crippen LogP contribution >= 0.6 is 0 Å². The maximum Gasteiger partial charge on any atom is 0.128 e. The van der Waals surface area contributed by atoms with Crippen molar-refractivity contribution in [1.29, 1.82) is 0 Å². The van der Waals surface area contributed by atoms with Crippen LogP contribution in [0.3, 0.4) is 0 Å². The second kappa shape index (κ2) is 11.4. The molecule has 0 spiro atoms. The van der Waals surface area contributed by atoms with E-state index < -0.39 is 0 Å². The van der Waals surface area contributed by atoms with Gasteiger partial charge in [0.2, 0.25) is 0 Å². The summed E-state index contributed by atoms with van der Waals surface area (Å²) in [4.78, 5) is 0. The van der Waals surface area contributed by atoms with Gasteiger partial charge in [-0.15, -0.1) is 0 Å². The summed E-state index contributed by atoms with van der Waals surface area (Å²) < 4.78 is 39.9. The highest BCUT2D eigenvalue weighted by atomic mass is 19.1. The second-order valence-corrected chi connectivity index (χ2v) is 8.60. The van der Waals surface area contributed by atoms with Gasteiger partial charge in [0.1, 0.15) is 17.4 Å². The van der Waals surface area contributed by atoms with Crippen molar-refractivity contribution in [3.05, 3.63) is 89.5 Å². The van der Waals surface area contributed by atoms with E-state index in [1.165, 1.54) is 12.1 Å². The van der Waals surface area contributed by atoms with Crippen LogP contribution in [0.4, 0.5) is 8.78 Å². The first-order valence-corrected chi connectivity index (χ1v) is 11.7. The van der Waals surface area contributed by atoms with Crippen LogP contribution in [0, 0.1) is 11.6 Å². The smallest absolute Gasteiger partial charge is 0.128 e. The lowest BCUT2D eigenvalue weighted by Crippen LogP contribution is -2.28. The van der Waals surface area contributed by atoms with Gasteiger partial charge in [0, 0.05) is 5.56 Å². The van der Waals surface area contributed by atoms with Crippen LogP contribution < -0.4 is 10.1 Å². The number of nitrogens with one attached hydrogen (secondary N) is 1. The SMILES string of the molecule is CNCCc1ccc(OC2CCC(OCc3ccccc3F)CC2)cc1-c1cccc(F)c1. The third-order valence-corrected chi connectivity index (χ3v) is 6.22. The zero-order valence-corrected chi connectivity index (χ0v) is 19.0. The zero-order valence-electron chi connectivity index (χ0n) is 19.0. The van der Waals surface area contributed by atoms with Crippen LogP contribution in [-0.4, -0.2) is 25.8 Å². The van der Waals surface area contributed by atoms with E-state index in [0.717, 1.165) is 61.1 Å². The average Bonchev–Trinajstić information content (AvgIpc) is 2.83. The molecule has 0 aliphatic heterocycles. The molecule has 0 unspecified atom stereocenters. The lowest BCUT2D eigenvalue weighted by molar-refractivity contribution is -0.00756. The van der Waals surface area contributed by atoms with Crippen LogP contribution in [0.2, 0.25) is 0 Å². The topological polar surface area (TPSA) is 30.5 Å². The molecule has 174 valence electrons. The van der Waals surface area contributed by atoms with Gasteiger partial charge in [-0.3, -0.25) is 0 Å². The van der Waals surface area contributed by atoms with E-state index in [9.17, 15) is 8.78 Å². The Morgan fingerprint density at radius 3 is 2.39 bits per heavy atom. The molecule has 3 nitrogen and oxygen atoms in total. The molecular weight excluding hydrogens is 420 g/mol. The number of hydrogen-bond acceptors (Lipinski definition) is 3. The van der Waals surface area contributed by atoms with Gasteiger partial charge in [-0.2, -0.15) is 0 Å². The number of rotatable bonds is 9. The van der Waals surface area contributed by atoms with Crippen LogP contribution in [0.5, 0.6) is 5.75 Å². The van der Waals surface area contributed by atoms with Crippen molar-refractivity contribution in [2.24, 2.45) is 0 Å². The first-order valence-electron chi connectivity index (χ1n) is 11.7. The predicted octanol–water partition coefficient (Wildman–Crippen LogP) is 6.30. The fourth-order valence-corrected chi connectivity index (χ4v) is 4.36. The first-order chi connectivity index (χ1) is 16.1. The fourth-order valence-electron chi connectivity index (χ4n) is 4.36. The maximum absolute atomic E-state index is 13.9. The molecule has 1 saturated carbocycles. The lowest BCUT2D eigenvalue weighted by atomic mass is 9.94. The summed E-state index contributed by atoms with van der Waals surface area (Å²) in [5.74, 6) is 0.340. The van der Waals surface area contributed by atoms with Crippen LogP contribution in [0.15, 0.2) is 66.7 Å². The first kappa shape index (κ1) is 23.4. The summed E-state index contributed by atoms with van der Waals surface area (Å²) in [7, 11) is 1.93. The number of halogens is 2. The third-order valence-electron chi connectivity index (χ3n) is 6.22. The molecule has 3 aromatic carbocycles.